The van der Waals surface area contributed by atoms with Gasteiger partial charge in [0.15, 0.2) is 0 Å². The second-order valence-corrected chi connectivity index (χ2v) is 7.72. The minimum absolute atomic E-state index is 0.0753. The van der Waals surface area contributed by atoms with Crippen molar-refractivity contribution < 1.29 is 9.72 Å². The Balaban J connectivity index is 1.69. The summed E-state index contributed by atoms with van der Waals surface area (Å²) in [5.74, 6) is -0.384. The maximum atomic E-state index is 12.6. The summed E-state index contributed by atoms with van der Waals surface area (Å²) < 4.78 is 1.94. The first kappa shape index (κ1) is 21.0. The number of nitro groups is 1. The van der Waals surface area contributed by atoms with Gasteiger partial charge in [-0.1, -0.05) is 35.9 Å². The SMILES string of the molecule is Cc1ccc(-c2nc3cc(C)ccn3c2/C=C/C(=O)Nc2cc([N+](=O)[O-])ccc2C)cc1. The summed E-state index contributed by atoms with van der Waals surface area (Å²) in [6.07, 6.45) is 5.06. The molecule has 0 saturated carbocycles. The molecule has 0 unspecified atom stereocenters. The Morgan fingerprint density at radius 2 is 1.78 bits per heavy atom. The Labute approximate surface area is 185 Å². The van der Waals surface area contributed by atoms with Gasteiger partial charge in [0.1, 0.15) is 5.65 Å². The van der Waals surface area contributed by atoms with E-state index in [1.807, 2.05) is 60.8 Å². The molecule has 0 saturated heterocycles. The Hall–Kier alpha value is -4.26. The molecule has 0 aliphatic heterocycles. The number of hydrogen-bond acceptors (Lipinski definition) is 4. The smallest absolute Gasteiger partial charge is 0.271 e. The second kappa shape index (κ2) is 8.47. The fourth-order valence-electron chi connectivity index (χ4n) is 3.44. The highest BCUT2D eigenvalue weighted by atomic mass is 16.6. The third-order valence-electron chi connectivity index (χ3n) is 5.23. The lowest BCUT2D eigenvalue weighted by molar-refractivity contribution is -0.384. The molecule has 0 atom stereocenters. The van der Waals surface area contributed by atoms with Gasteiger partial charge in [0, 0.05) is 30.0 Å². The number of non-ortho nitro benzene ring substituents is 1. The molecule has 160 valence electrons. The van der Waals surface area contributed by atoms with Crippen LogP contribution in [0, 0.1) is 30.9 Å². The van der Waals surface area contributed by atoms with Gasteiger partial charge in [0.25, 0.3) is 5.69 Å². The number of anilines is 1. The summed E-state index contributed by atoms with van der Waals surface area (Å²) in [4.78, 5) is 28.0. The van der Waals surface area contributed by atoms with Crippen LogP contribution in [0.5, 0.6) is 0 Å². The van der Waals surface area contributed by atoms with Crippen molar-refractivity contribution in [3.8, 4) is 11.3 Å². The number of pyridine rings is 1. The molecule has 4 aromatic rings. The van der Waals surface area contributed by atoms with Crippen molar-refractivity contribution in [2.24, 2.45) is 0 Å². The Kier molecular flexibility index (Phi) is 5.55. The first-order chi connectivity index (χ1) is 15.3. The van der Waals surface area contributed by atoms with Crippen molar-refractivity contribution in [3.63, 3.8) is 0 Å². The van der Waals surface area contributed by atoms with Crippen LogP contribution in [0.1, 0.15) is 22.4 Å². The summed E-state index contributed by atoms with van der Waals surface area (Å²) in [6, 6.07) is 16.4. The lowest BCUT2D eigenvalue weighted by Crippen LogP contribution is -2.09. The van der Waals surface area contributed by atoms with Crippen LogP contribution in [-0.4, -0.2) is 20.2 Å². The molecule has 1 amide bonds. The van der Waals surface area contributed by atoms with Gasteiger partial charge in [-0.05, 0) is 50.1 Å². The number of benzene rings is 2. The molecule has 7 heteroatoms. The fraction of sp³-hybridized carbons (Fsp3) is 0.120. The van der Waals surface area contributed by atoms with Crippen molar-refractivity contribution in [3.05, 3.63) is 99.4 Å². The maximum absolute atomic E-state index is 12.6. The Morgan fingerprint density at radius 1 is 1.03 bits per heavy atom. The summed E-state index contributed by atoms with van der Waals surface area (Å²) in [6.45, 7) is 5.81. The van der Waals surface area contributed by atoms with Crippen LogP contribution in [0.3, 0.4) is 0 Å². The van der Waals surface area contributed by atoms with E-state index in [0.717, 1.165) is 39.3 Å². The molecule has 1 N–H and O–H groups in total. The summed E-state index contributed by atoms with van der Waals surface area (Å²) >= 11 is 0. The minimum atomic E-state index is -0.487. The number of imidazole rings is 1. The van der Waals surface area contributed by atoms with E-state index >= 15 is 0 Å². The van der Waals surface area contributed by atoms with E-state index in [2.05, 4.69) is 5.32 Å². The van der Waals surface area contributed by atoms with Crippen LogP contribution in [0.2, 0.25) is 0 Å². The van der Waals surface area contributed by atoms with Gasteiger partial charge in [-0.3, -0.25) is 19.3 Å². The van der Waals surface area contributed by atoms with Crippen LogP contribution < -0.4 is 5.32 Å². The summed E-state index contributed by atoms with van der Waals surface area (Å²) in [7, 11) is 0. The number of nitrogens with one attached hydrogen (secondary N) is 1. The zero-order chi connectivity index (χ0) is 22.8. The van der Waals surface area contributed by atoms with Crippen molar-refractivity contribution in [1.82, 2.24) is 9.38 Å². The van der Waals surface area contributed by atoms with Crippen molar-refractivity contribution in [2.45, 2.75) is 20.8 Å². The molecule has 7 nitrogen and oxygen atoms in total. The summed E-state index contributed by atoms with van der Waals surface area (Å²) in [5.41, 5.74) is 6.59. The molecule has 32 heavy (non-hydrogen) atoms. The average Bonchev–Trinajstić information content (AvgIpc) is 3.11. The second-order valence-electron chi connectivity index (χ2n) is 7.72. The molecule has 2 heterocycles. The highest BCUT2D eigenvalue weighted by Gasteiger charge is 2.14. The highest BCUT2D eigenvalue weighted by molar-refractivity contribution is 6.03. The predicted molar refractivity (Wildman–Crippen MR) is 126 cm³/mol. The van der Waals surface area contributed by atoms with E-state index in [1.54, 1.807) is 19.1 Å². The summed E-state index contributed by atoms with van der Waals surface area (Å²) in [5, 5.41) is 13.8. The molecule has 0 spiro atoms. The molecule has 0 aliphatic rings. The van der Waals surface area contributed by atoms with Crippen molar-refractivity contribution in [2.75, 3.05) is 5.32 Å². The van der Waals surface area contributed by atoms with Crippen LogP contribution in [0.4, 0.5) is 11.4 Å². The van der Waals surface area contributed by atoms with Gasteiger partial charge in [0.05, 0.1) is 22.0 Å². The zero-order valence-corrected chi connectivity index (χ0v) is 18.0. The lowest BCUT2D eigenvalue weighted by Gasteiger charge is -2.06. The molecular formula is C25H22N4O3. The normalized spacial score (nSPS) is 11.2. The number of nitrogens with zero attached hydrogens (tertiary/aromatic N) is 3. The van der Waals surface area contributed by atoms with Gasteiger partial charge in [-0.2, -0.15) is 0 Å². The van der Waals surface area contributed by atoms with Crippen LogP contribution in [0.15, 0.2) is 66.9 Å². The van der Waals surface area contributed by atoms with Crippen molar-refractivity contribution >= 4 is 29.0 Å². The number of aromatic nitrogens is 2. The largest absolute Gasteiger partial charge is 0.322 e. The third-order valence-corrected chi connectivity index (χ3v) is 5.23. The Bertz CT molecular complexity index is 1370. The number of hydrogen-bond donors (Lipinski definition) is 1. The molecule has 0 fully saturated rings. The lowest BCUT2D eigenvalue weighted by atomic mass is 10.1. The van der Waals surface area contributed by atoms with Gasteiger partial charge in [0.2, 0.25) is 5.91 Å². The van der Waals surface area contributed by atoms with E-state index in [4.69, 9.17) is 4.98 Å². The van der Waals surface area contributed by atoms with E-state index in [-0.39, 0.29) is 11.6 Å². The van der Waals surface area contributed by atoms with Crippen LogP contribution >= 0.6 is 0 Å². The molecule has 4 rings (SSSR count). The standard InChI is InChI=1S/C25H22N4O3/c1-16-4-7-19(8-5-16)25-22(28-13-12-17(2)14-23(28)27-25)10-11-24(30)26-21-15-20(29(31)32)9-6-18(21)3/h4-15H,1-3H3,(H,26,30)/b11-10+. The monoisotopic (exact) mass is 426 g/mol. The number of carbonyl (C=O) groups is 1. The van der Waals surface area contributed by atoms with Crippen molar-refractivity contribution in [1.29, 1.82) is 0 Å². The molecule has 0 radical (unpaired) electrons. The molecule has 0 aliphatic carbocycles. The predicted octanol–water partition coefficient (Wildman–Crippen LogP) is 5.49. The molecular weight excluding hydrogens is 404 g/mol. The van der Waals surface area contributed by atoms with E-state index in [9.17, 15) is 14.9 Å². The molecule has 0 bridgehead atoms. The highest BCUT2D eigenvalue weighted by Crippen LogP contribution is 2.27. The number of rotatable bonds is 5. The topological polar surface area (TPSA) is 89.5 Å². The van der Waals surface area contributed by atoms with Crippen LogP contribution in [-0.2, 0) is 4.79 Å². The van der Waals surface area contributed by atoms with Gasteiger partial charge >= 0.3 is 0 Å². The average molecular weight is 426 g/mol. The number of amides is 1. The third kappa shape index (κ3) is 4.27. The van der Waals surface area contributed by atoms with E-state index in [1.165, 1.54) is 18.2 Å². The van der Waals surface area contributed by atoms with Gasteiger partial charge < -0.3 is 5.32 Å². The minimum Gasteiger partial charge on any atom is -0.322 e. The molecule has 2 aromatic heterocycles. The Morgan fingerprint density at radius 3 is 2.50 bits per heavy atom. The zero-order valence-electron chi connectivity index (χ0n) is 18.0. The quantitative estimate of drug-likeness (QED) is 0.260. The van der Waals surface area contributed by atoms with Gasteiger partial charge in [-0.25, -0.2) is 4.98 Å². The van der Waals surface area contributed by atoms with Crippen LogP contribution in [0.25, 0.3) is 23.0 Å². The van der Waals surface area contributed by atoms with Gasteiger partial charge in [-0.15, -0.1) is 0 Å². The van der Waals surface area contributed by atoms with E-state index in [0.29, 0.717) is 5.69 Å². The first-order valence-electron chi connectivity index (χ1n) is 10.1. The maximum Gasteiger partial charge on any atom is 0.271 e. The first-order valence-corrected chi connectivity index (χ1v) is 10.1. The number of aryl methyl sites for hydroxylation is 3. The number of nitro benzene ring substituents is 1. The fourth-order valence-corrected chi connectivity index (χ4v) is 3.44. The number of carbonyl (C=O) groups excluding carboxylic acids is 1. The van der Waals surface area contributed by atoms with E-state index < -0.39 is 4.92 Å². The number of fused-ring (bicyclic) bond motifs is 1. The molecule has 2 aromatic carbocycles.